The first-order valence-corrected chi connectivity index (χ1v) is 8.39. The number of carbonyl (C=O) groups excluding carboxylic acids is 2. The first kappa shape index (κ1) is 20.4. The van der Waals surface area contributed by atoms with Gasteiger partial charge in [-0.05, 0) is 43.4 Å². The molecule has 7 nitrogen and oxygen atoms in total. The van der Waals surface area contributed by atoms with Crippen molar-refractivity contribution < 1.29 is 27.5 Å². The summed E-state index contributed by atoms with van der Waals surface area (Å²) in [6, 6.07) is 8.43. The molecule has 0 aliphatic rings. The summed E-state index contributed by atoms with van der Waals surface area (Å²) in [6.45, 7) is 3.33. The molecule has 0 aliphatic heterocycles. The molecule has 0 spiro atoms. The van der Waals surface area contributed by atoms with Crippen LogP contribution in [0.2, 0.25) is 0 Å². The summed E-state index contributed by atoms with van der Waals surface area (Å²) in [7, 11) is 0. The first-order chi connectivity index (χ1) is 12.9. The van der Waals surface area contributed by atoms with Crippen LogP contribution >= 0.6 is 0 Å². The van der Waals surface area contributed by atoms with Crippen LogP contribution in [0.4, 0.5) is 8.78 Å². The molecule has 0 atom stereocenters. The highest BCUT2D eigenvalue weighted by Gasteiger charge is 2.15. The van der Waals surface area contributed by atoms with E-state index >= 15 is 0 Å². The van der Waals surface area contributed by atoms with Crippen molar-refractivity contribution in [2.24, 2.45) is 0 Å². The Bertz CT molecular complexity index is 775. The minimum absolute atomic E-state index is 0.0484. The van der Waals surface area contributed by atoms with Gasteiger partial charge in [-0.1, -0.05) is 19.9 Å². The number of hydrogen-bond acceptors (Lipinski definition) is 5. The van der Waals surface area contributed by atoms with Crippen molar-refractivity contribution in [2.45, 2.75) is 27.0 Å². The lowest BCUT2D eigenvalue weighted by atomic mass is 10.2. The van der Waals surface area contributed by atoms with Gasteiger partial charge < -0.3 is 9.15 Å². The highest BCUT2D eigenvalue weighted by atomic mass is 19.3. The molecule has 0 saturated heterocycles. The van der Waals surface area contributed by atoms with E-state index in [9.17, 15) is 18.4 Å². The number of benzene rings is 1. The van der Waals surface area contributed by atoms with Crippen molar-refractivity contribution in [1.82, 2.24) is 15.8 Å². The maximum Gasteiger partial charge on any atom is 0.387 e. The molecule has 0 radical (unpaired) electrons. The SMILES string of the molecule is CCN(CC)Cc1ccc(C(=O)NNC(=O)c2cccc(OC(F)F)c2)o1. The van der Waals surface area contributed by atoms with Crippen LogP contribution in [-0.2, 0) is 6.54 Å². The van der Waals surface area contributed by atoms with Gasteiger partial charge in [-0.15, -0.1) is 0 Å². The normalized spacial score (nSPS) is 10.9. The van der Waals surface area contributed by atoms with Gasteiger partial charge in [-0.25, -0.2) is 0 Å². The van der Waals surface area contributed by atoms with Crippen LogP contribution in [0.5, 0.6) is 5.75 Å². The average Bonchev–Trinajstić information content (AvgIpc) is 3.12. The van der Waals surface area contributed by atoms with Gasteiger partial charge in [-0.2, -0.15) is 8.78 Å². The quantitative estimate of drug-likeness (QED) is 0.687. The van der Waals surface area contributed by atoms with Gasteiger partial charge in [0.05, 0.1) is 6.54 Å². The van der Waals surface area contributed by atoms with E-state index in [0.29, 0.717) is 12.3 Å². The number of alkyl halides is 2. The lowest BCUT2D eigenvalue weighted by Gasteiger charge is -2.15. The molecule has 27 heavy (non-hydrogen) atoms. The predicted molar refractivity (Wildman–Crippen MR) is 93.3 cm³/mol. The molecular formula is C18H21F2N3O4. The number of hydrogen-bond donors (Lipinski definition) is 2. The van der Waals surface area contributed by atoms with Gasteiger partial charge in [0.15, 0.2) is 5.76 Å². The zero-order valence-electron chi connectivity index (χ0n) is 15.0. The minimum Gasteiger partial charge on any atom is -0.454 e. The molecule has 0 bridgehead atoms. The number of halogens is 2. The van der Waals surface area contributed by atoms with E-state index in [1.54, 1.807) is 6.07 Å². The standard InChI is InChI=1S/C18H21F2N3O4/c1-3-23(4-2)11-14-8-9-15(26-14)17(25)22-21-16(24)12-6-5-7-13(10-12)27-18(19)20/h5-10,18H,3-4,11H2,1-2H3,(H,21,24)(H,22,25). The van der Waals surface area contributed by atoms with Crippen LogP contribution in [0.1, 0.15) is 40.5 Å². The van der Waals surface area contributed by atoms with Crippen LogP contribution in [0.15, 0.2) is 40.8 Å². The average molecular weight is 381 g/mol. The minimum atomic E-state index is -2.99. The second-order valence-corrected chi connectivity index (χ2v) is 5.54. The Morgan fingerprint density at radius 2 is 1.81 bits per heavy atom. The van der Waals surface area contributed by atoms with Crippen LogP contribution in [0.3, 0.4) is 0 Å². The van der Waals surface area contributed by atoms with Crippen molar-refractivity contribution in [2.75, 3.05) is 13.1 Å². The number of amides is 2. The third-order valence-electron chi connectivity index (χ3n) is 3.77. The molecule has 2 N–H and O–H groups in total. The van der Waals surface area contributed by atoms with E-state index in [4.69, 9.17) is 4.42 Å². The Labute approximate surface area is 155 Å². The summed E-state index contributed by atoms with van der Waals surface area (Å²) in [5.74, 6) is -0.789. The number of hydrazine groups is 1. The summed E-state index contributed by atoms with van der Waals surface area (Å²) in [6.07, 6.45) is 0. The Hall–Kier alpha value is -2.94. The van der Waals surface area contributed by atoms with E-state index < -0.39 is 18.4 Å². The largest absolute Gasteiger partial charge is 0.454 e. The molecule has 0 unspecified atom stereocenters. The molecular weight excluding hydrogens is 360 g/mol. The maximum absolute atomic E-state index is 12.2. The molecule has 1 aromatic heterocycles. The zero-order valence-corrected chi connectivity index (χ0v) is 15.0. The fourth-order valence-corrected chi connectivity index (χ4v) is 2.31. The van der Waals surface area contributed by atoms with Gasteiger partial charge >= 0.3 is 12.5 Å². The fourth-order valence-electron chi connectivity index (χ4n) is 2.31. The Kier molecular flexibility index (Phi) is 7.30. The van der Waals surface area contributed by atoms with Crippen LogP contribution in [0, 0.1) is 0 Å². The van der Waals surface area contributed by atoms with Gasteiger partial charge in [0.2, 0.25) is 0 Å². The molecule has 2 rings (SSSR count). The van der Waals surface area contributed by atoms with Gasteiger partial charge in [0.25, 0.3) is 5.91 Å². The zero-order chi connectivity index (χ0) is 19.8. The molecule has 2 aromatic rings. The van der Waals surface area contributed by atoms with Crippen LogP contribution in [-0.4, -0.2) is 36.4 Å². The molecule has 1 aromatic carbocycles. The molecule has 0 fully saturated rings. The Balaban J connectivity index is 1.91. The number of nitrogens with one attached hydrogen (secondary N) is 2. The van der Waals surface area contributed by atoms with E-state index in [1.165, 1.54) is 24.3 Å². The van der Waals surface area contributed by atoms with Crippen molar-refractivity contribution in [3.63, 3.8) is 0 Å². The number of carbonyl (C=O) groups is 2. The summed E-state index contributed by atoms with van der Waals surface area (Å²) in [5.41, 5.74) is 4.47. The second kappa shape index (κ2) is 9.67. The smallest absolute Gasteiger partial charge is 0.387 e. The Morgan fingerprint density at radius 1 is 1.11 bits per heavy atom. The van der Waals surface area contributed by atoms with E-state index in [2.05, 4.69) is 20.5 Å². The summed E-state index contributed by atoms with van der Waals surface area (Å²) >= 11 is 0. The molecule has 1 heterocycles. The molecule has 2 amide bonds. The fraction of sp³-hybridized carbons (Fsp3) is 0.333. The van der Waals surface area contributed by atoms with Crippen molar-refractivity contribution in [1.29, 1.82) is 0 Å². The third-order valence-corrected chi connectivity index (χ3v) is 3.77. The number of furan rings is 1. The van der Waals surface area contributed by atoms with E-state index in [1.807, 2.05) is 13.8 Å². The maximum atomic E-state index is 12.2. The number of ether oxygens (including phenoxy) is 1. The molecule has 0 aliphatic carbocycles. The number of rotatable bonds is 8. The molecule has 0 saturated carbocycles. The summed E-state index contributed by atoms with van der Waals surface area (Å²) in [5, 5.41) is 0. The number of nitrogens with zero attached hydrogens (tertiary/aromatic N) is 1. The third kappa shape index (κ3) is 6.07. The van der Waals surface area contributed by atoms with Crippen LogP contribution in [0.25, 0.3) is 0 Å². The monoisotopic (exact) mass is 381 g/mol. The predicted octanol–water partition coefficient (Wildman–Crippen LogP) is 2.80. The van der Waals surface area contributed by atoms with Crippen LogP contribution < -0.4 is 15.6 Å². The Morgan fingerprint density at radius 3 is 2.48 bits per heavy atom. The lowest BCUT2D eigenvalue weighted by Crippen LogP contribution is -2.41. The van der Waals surface area contributed by atoms with Crippen molar-refractivity contribution in [3.8, 4) is 5.75 Å². The summed E-state index contributed by atoms with van der Waals surface area (Å²) < 4.78 is 34.2. The second-order valence-electron chi connectivity index (χ2n) is 5.54. The van der Waals surface area contributed by atoms with Gasteiger partial charge in [0.1, 0.15) is 11.5 Å². The van der Waals surface area contributed by atoms with E-state index in [0.717, 1.165) is 19.2 Å². The molecule has 146 valence electrons. The highest BCUT2D eigenvalue weighted by molar-refractivity contribution is 5.98. The van der Waals surface area contributed by atoms with E-state index in [-0.39, 0.29) is 17.1 Å². The summed E-state index contributed by atoms with van der Waals surface area (Å²) in [4.78, 5) is 26.2. The highest BCUT2D eigenvalue weighted by Crippen LogP contribution is 2.16. The lowest BCUT2D eigenvalue weighted by molar-refractivity contribution is -0.0498. The topological polar surface area (TPSA) is 83.8 Å². The molecule has 9 heteroatoms. The van der Waals surface area contributed by atoms with Crippen molar-refractivity contribution >= 4 is 11.8 Å². The van der Waals surface area contributed by atoms with Gasteiger partial charge in [0, 0.05) is 5.56 Å². The van der Waals surface area contributed by atoms with Gasteiger partial charge in [-0.3, -0.25) is 25.3 Å². The first-order valence-electron chi connectivity index (χ1n) is 8.39. The van der Waals surface area contributed by atoms with Crippen molar-refractivity contribution in [3.05, 3.63) is 53.5 Å².